The van der Waals surface area contributed by atoms with Gasteiger partial charge in [-0.05, 0) is 52.0 Å². The average Bonchev–Trinajstić information content (AvgIpc) is 2.83. The molecule has 1 aromatic heterocycles. The van der Waals surface area contributed by atoms with Crippen molar-refractivity contribution in [1.82, 2.24) is 20.4 Å². The maximum atomic E-state index is 13.1. The summed E-state index contributed by atoms with van der Waals surface area (Å²) in [6.07, 6.45) is 0.432. The van der Waals surface area contributed by atoms with Gasteiger partial charge in [-0.3, -0.25) is 9.59 Å². The van der Waals surface area contributed by atoms with Gasteiger partial charge in [-0.1, -0.05) is 0 Å². The molecule has 0 saturated carbocycles. The fourth-order valence-corrected chi connectivity index (χ4v) is 2.70. The van der Waals surface area contributed by atoms with E-state index in [9.17, 15) is 14.0 Å². The van der Waals surface area contributed by atoms with Crippen molar-refractivity contribution in [2.75, 3.05) is 6.54 Å². The lowest BCUT2D eigenvalue weighted by atomic mass is 10.1. The van der Waals surface area contributed by atoms with E-state index in [0.717, 1.165) is 22.6 Å². The first-order valence-corrected chi connectivity index (χ1v) is 8.65. The Morgan fingerprint density at radius 2 is 1.81 bits per heavy atom. The second kappa shape index (κ2) is 8.60. The third-order valence-corrected chi connectivity index (χ3v) is 3.97. The highest BCUT2D eigenvalue weighted by molar-refractivity contribution is 5.80. The molecule has 0 aliphatic carbocycles. The zero-order valence-corrected chi connectivity index (χ0v) is 15.6. The maximum absolute atomic E-state index is 13.1. The molecule has 2 N–H and O–H groups in total. The number of amides is 2. The van der Waals surface area contributed by atoms with Crippen LogP contribution in [0.3, 0.4) is 0 Å². The summed E-state index contributed by atoms with van der Waals surface area (Å²) >= 11 is 0. The first-order chi connectivity index (χ1) is 12.3. The van der Waals surface area contributed by atoms with Crippen molar-refractivity contribution in [3.8, 4) is 5.69 Å². The molecule has 2 amide bonds. The highest BCUT2D eigenvalue weighted by Gasteiger charge is 2.16. The zero-order valence-electron chi connectivity index (χ0n) is 15.6. The Hall–Kier alpha value is -2.70. The number of benzene rings is 1. The van der Waals surface area contributed by atoms with Crippen molar-refractivity contribution >= 4 is 11.8 Å². The number of aromatic nitrogens is 2. The largest absolute Gasteiger partial charge is 0.355 e. The SMILES string of the molecule is Cc1nn(-c2ccc(F)cc2)c(C)c1CC(=O)NCCC(=O)NC(C)C. The summed E-state index contributed by atoms with van der Waals surface area (Å²) < 4.78 is 14.8. The topological polar surface area (TPSA) is 76.0 Å². The molecule has 2 aromatic rings. The van der Waals surface area contributed by atoms with E-state index in [4.69, 9.17) is 0 Å². The molecule has 0 fully saturated rings. The Bertz CT molecular complexity index is 782. The van der Waals surface area contributed by atoms with Crippen LogP contribution in [0.1, 0.15) is 37.2 Å². The molecule has 0 bridgehead atoms. The predicted molar refractivity (Wildman–Crippen MR) is 97.6 cm³/mol. The normalized spacial score (nSPS) is 10.8. The molecule has 140 valence electrons. The van der Waals surface area contributed by atoms with Crippen LogP contribution in [0.2, 0.25) is 0 Å². The summed E-state index contributed by atoms with van der Waals surface area (Å²) in [6, 6.07) is 6.12. The van der Waals surface area contributed by atoms with Crippen LogP contribution < -0.4 is 10.6 Å². The van der Waals surface area contributed by atoms with E-state index < -0.39 is 0 Å². The number of aryl methyl sites for hydroxylation is 1. The van der Waals surface area contributed by atoms with Crippen molar-refractivity contribution in [2.24, 2.45) is 0 Å². The zero-order chi connectivity index (χ0) is 19.3. The molecule has 2 rings (SSSR count). The number of hydrogen-bond donors (Lipinski definition) is 2. The summed E-state index contributed by atoms with van der Waals surface area (Å²) in [6.45, 7) is 7.79. The van der Waals surface area contributed by atoms with Crippen LogP contribution in [0.25, 0.3) is 5.69 Å². The summed E-state index contributed by atoms with van der Waals surface area (Å²) in [4.78, 5) is 23.8. The molecule has 0 aliphatic rings. The molecule has 1 aromatic carbocycles. The molecule has 26 heavy (non-hydrogen) atoms. The monoisotopic (exact) mass is 360 g/mol. The molecule has 0 saturated heterocycles. The van der Waals surface area contributed by atoms with E-state index in [2.05, 4.69) is 15.7 Å². The molecule has 6 nitrogen and oxygen atoms in total. The van der Waals surface area contributed by atoms with E-state index in [0.29, 0.717) is 6.54 Å². The predicted octanol–water partition coefficient (Wildman–Crippen LogP) is 2.20. The van der Waals surface area contributed by atoms with Gasteiger partial charge >= 0.3 is 0 Å². The van der Waals surface area contributed by atoms with Crippen molar-refractivity contribution in [3.63, 3.8) is 0 Å². The van der Waals surface area contributed by atoms with Gasteiger partial charge < -0.3 is 10.6 Å². The summed E-state index contributed by atoms with van der Waals surface area (Å²) in [5, 5.41) is 9.99. The summed E-state index contributed by atoms with van der Waals surface area (Å²) in [5.41, 5.74) is 3.16. The van der Waals surface area contributed by atoms with Gasteiger partial charge in [0.1, 0.15) is 5.82 Å². The van der Waals surface area contributed by atoms with Crippen molar-refractivity contribution in [2.45, 2.75) is 46.6 Å². The molecular formula is C19H25FN4O2. The molecule has 1 heterocycles. The first-order valence-electron chi connectivity index (χ1n) is 8.65. The quantitative estimate of drug-likeness (QED) is 0.795. The minimum absolute atomic E-state index is 0.0841. The van der Waals surface area contributed by atoms with E-state index >= 15 is 0 Å². The highest BCUT2D eigenvalue weighted by Crippen LogP contribution is 2.18. The number of carbonyl (C=O) groups is 2. The van der Waals surface area contributed by atoms with Crippen LogP contribution in [0.4, 0.5) is 4.39 Å². The van der Waals surface area contributed by atoms with E-state index in [1.165, 1.54) is 12.1 Å². The number of hydrogen-bond acceptors (Lipinski definition) is 3. The number of rotatable bonds is 7. The molecule has 0 unspecified atom stereocenters. The second-order valence-electron chi connectivity index (χ2n) is 6.54. The Labute approximate surface area is 152 Å². The summed E-state index contributed by atoms with van der Waals surface area (Å²) in [5.74, 6) is -0.555. The fourth-order valence-electron chi connectivity index (χ4n) is 2.70. The third kappa shape index (κ3) is 5.15. The Balaban J connectivity index is 1.98. The smallest absolute Gasteiger partial charge is 0.224 e. The van der Waals surface area contributed by atoms with Gasteiger partial charge in [-0.25, -0.2) is 9.07 Å². The third-order valence-electron chi connectivity index (χ3n) is 3.97. The lowest BCUT2D eigenvalue weighted by molar-refractivity contribution is -0.122. The van der Waals surface area contributed by atoms with Gasteiger partial charge in [0.15, 0.2) is 0 Å². The van der Waals surface area contributed by atoms with Crippen molar-refractivity contribution in [3.05, 3.63) is 47.0 Å². The molecule has 7 heteroatoms. The molecule has 0 spiro atoms. The number of nitrogens with zero attached hydrogens (tertiary/aromatic N) is 2. The average molecular weight is 360 g/mol. The van der Waals surface area contributed by atoms with Crippen LogP contribution >= 0.6 is 0 Å². The van der Waals surface area contributed by atoms with E-state index in [1.54, 1.807) is 16.8 Å². The Morgan fingerprint density at radius 3 is 2.42 bits per heavy atom. The van der Waals surface area contributed by atoms with Crippen LogP contribution in [0.15, 0.2) is 24.3 Å². The van der Waals surface area contributed by atoms with Crippen LogP contribution in [0.5, 0.6) is 0 Å². The van der Waals surface area contributed by atoms with Gasteiger partial charge in [-0.2, -0.15) is 5.10 Å². The minimum Gasteiger partial charge on any atom is -0.355 e. The molecular weight excluding hydrogens is 335 g/mol. The summed E-state index contributed by atoms with van der Waals surface area (Å²) in [7, 11) is 0. The first kappa shape index (κ1) is 19.6. The fraction of sp³-hybridized carbons (Fsp3) is 0.421. The Kier molecular flexibility index (Phi) is 6.49. The minimum atomic E-state index is -0.309. The van der Waals surface area contributed by atoms with Gasteiger partial charge in [-0.15, -0.1) is 0 Å². The van der Waals surface area contributed by atoms with Crippen LogP contribution in [-0.4, -0.2) is 34.2 Å². The van der Waals surface area contributed by atoms with E-state index in [1.807, 2.05) is 27.7 Å². The lowest BCUT2D eigenvalue weighted by Crippen LogP contribution is -2.34. The molecule has 0 atom stereocenters. The van der Waals surface area contributed by atoms with Crippen LogP contribution in [-0.2, 0) is 16.0 Å². The van der Waals surface area contributed by atoms with Crippen molar-refractivity contribution in [1.29, 1.82) is 0 Å². The number of halogens is 1. The molecule has 0 aliphatic heterocycles. The van der Waals surface area contributed by atoms with Gasteiger partial charge in [0.05, 0.1) is 17.8 Å². The number of carbonyl (C=O) groups excluding carboxylic acids is 2. The maximum Gasteiger partial charge on any atom is 0.224 e. The van der Waals surface area contributed by atoms with Gasteiger partial charge in [0, 0.05) is 30.3 Å². The highest BCUT2D eigenvalue weighted by atomic mass is 19.1. The van der Waals surface area contributed by atoms with Crippen LogP contribution in [0, 0.1) is 19.7 Å². The number of nitrogens with one attached hydrogen (secondary N) is 2. The van der Waals surface area contributed by atoms with E-state index in [-0.39, 0.29) is 36.5 Å². The standard InChI is InChI=1S/C19H25FN4O2/c1-12(2)22-18(25)9-10-21-19(26)11-17-13(3)23-24(14(17)4)16-7-5-15(20)6-8-16/h5-8,12H,9-11H2,1-4H3,(H,21,26)(H,22,25). The molecule has 0 radical (unpaired) electrons. The van der Waals surface area contributed by atoms with Gasteiger partial charge in [0.2, 0.25) is 11.8 Å². The Morgan fingerprint density at radius 1 is 1.15 bits per heavy atom. The lowest BCUT2D eigenvalue weighted by Gasteiger charge is -2.09. The van der Waals surface area contributed by atoms with Gasteiger partial charge in [0.25, 0.3) is 0 Å². The second-order valence-corrected chi connectivity index (χ2v) is 6.54. The van der Waals surface area contributed by atoms with Crippen molar-refractivity contribution < 1.29 is 14.0 Å².